The molecule has 9 nitrogen and oxygen atoms in total. The Hall–Kier alpha value is -3.66. The van der Waals surface area contributed by atoms with E-state index in [1.807, 2.05) is 0 Å². The molecule has 0 unspecified atom stereocenters. The van der Waals surface area contributed by atoms with Crippen molar-refractivity contribution in [1.82, 2.24) is 4.90 Å². The van der Waals surface area contributed by atoms with Crippen LogP contribution in [0.25, 0.3) is 6.08 Å². The third-order valence-corrected chi connectivity index (χ3v) is 5.38. The zero-order chi connectivity index (χ0) is 22.5. The Morgan fingerprint density at radius 1 is 1.19 bits per heavy atom. The number of methoxy groups -OCH3 is 1. The molecular weight excluding hydrogens is 424 g/mol. The molecule has 31 heavy (non-hydrogen) atoms. The van der Waals surface area contributed by atoms with Crippen LogP contribution in [0.2, 0.25) is 0 Å². The average molecular weight is 442 g/mol. The third kappa shape index (κ3) is 4.92. The van der Waals surface area contributed by atoms with Gasteiger partial charge in [-0.05, 0) is 48.5 Å². The van der Waals surface area contributed by atoms with E-state index in [1.54, 1.807) is 36.4 Å². The van der Waals surface area contributed by atoms with Crippen molar-refractivity contribution in [1.29, 1.82) is 0 Å². The number of hydrogen-bond donors (Lipinski definition) is 0. The van der Waals surface area contributed by atoms with Crippen molar-refractivity contribution >= 4 is 40.6 Å². The van der Waals surface area contributed by atoms with Gasteiger partial charge in [0.25, 0.3) is 16.8 Å². The van der Waals surface area contributed by atoms with Crippen molar-refractivity contribution in [2.75, 3.05) is 7.11 Å². The van der Waals surface area contributed by atoms with Crippen LogP contribution in [0.3, 0.4) is 0 Å². The monoisotopic (exact) mass is 442 g/mol. The van der Waals surface area contributed by atoms with E-state index in [0.717, 1.165) is 22.2 Å². The van der Waals surface area contributed by atoms with Crippen LogP contribution < -0.4 is 4.74 Å². The number of amides is 2. The van der Waals surface area contributed by atoms with Gasteiger partial charge in [-0.15, -0.1) is 0 Å². The van der Waals surface area contributed by atoms with Crippen molar-refractivity contribution in [3.8, 4) is 5.75 Å². The molecule has 1 aliphatic rings. The van der Waals surface area contributed by atoms with Gasteiger partial charge in [-0.25, -0.2) is 4.79 Å². The minimum Gasteiger partial charge on any atom is -0.488 e. The lowest BCUT2D eigenvalue weighted by molar-refractivity contribution is -0.384. The second kappa shape index (κ2) is 9.43. The molecule has 10 heteroatoms. The molecule has 3 rings (SSSR count). The molecule has 0 N–H and O–H groups in total. The lowest BCUT2D eigenvalue weighted by Gasteiger charge is -2.18. The Morgan fingerprint density at radius 2 is 1.87 bits per heavy atom. The normalized spacial score (nSPS) is 15.8. The van der Waals surface area contributed by atoms with E-state index in [1.165, 1.54) is 32.2 Å². The molecule has 0 saturated carbocycles. The molecule has 1 atom stereocenters. The minimum absolute atomic E-state index is 0.0129. The summed E-state index contributed by atoms with van der Waals surface area (Å²) in [7, 11) is 1.19. The Labute approximate surface area is 181 Å². The van der Waals surface area contributed by atoms with Gasteiger partial charge in [0.15, 0.2) is 0 Å². The van der Waals surface area contributed by atoms with Crippen molar-refractivity contribution in [2.24, 2.45) is 0 Å². The Balaban J connectivity index is 1.78. The number of nitro groups is 1. The number of rotatable bonds is 7. The molecule has 1 fully saturated rings. The van der Waals surface area contributed by atoms with Crippen molar-refractivity contribution in [2.45, 2.75) is 19.6 Å². The lowest BCUT2D eigenvalue weighted by atomic mass is 10.1. The standard InChI is InChI=1S/C21H18N2O7S/c1-13(20(25)29-2)22-19(24)18(31-21(22)26)11-15-5-3-4-6-17(15)30-12-14-7-9-16(10-8-14)23(27)28/h3-11,13H,12H2,1-2H3/b18-11+/t13-/m1/s1. The van der Waals surface area contributed by atoms with Crippen LogP contribution in [0.1, 0.15) is 18.1 Å². The number of benzene rings is 2. The summed E-state index contributed by atoms with van der Waals surface area (Å²) in [6.45, 7) is 1.58. The highest BCUT2D eigenvalue weighted by Crippen LogP contribution is 2.35. The summed E-state index contributed by atoms with van der Waals surface area (Å²) in [6.07, 6.45) is 1.53. The van der Waals surface area contributed by atoms with Gasteiger partial charge in [0.05, 0.1) is 16.9 Å². The molecule has 1 saturated heterocycles. The number of esters is 1. The van der Waals surface area contributed by atoms with Crippen LogP contribution in [0.4, 0.5) is 10.5 Å². The highest BCUT2D eigenvalue weighted by Gasteiger charge is 2.41. The van der Waals surface area contributed by atoms with Gasteiger partial charge in [-0.2, -0.15) is 0 Å². The summed E-state index contributed by atoms with van der Waals surface area (Å²) < 4.78 is 10.4. The number of carbonyl (C=O) groups is 3. The van der Waals surface area contributed by atoms with Gasteiger partial charge in [0.1, 0.15) is 18.4 Å². The predicted octanol–water partition coefficient (Wildman–Crippen LogP) is 3.77. The van der Waals surface area contributed by atoms with Crippen molar-refractivity contribution in [3.63, 3.8) is 0 Å². The van der Waals surface area contributed by atoms with E-state index >= 15 is 0 Å². The van der Waals surface area contributed by atoms with Crippen LogP contribution in [0.5, 0.6) is 5.75 Å². The first-order chi connectivity index (χ1) is 14.8. The van der Waals surface area contributed by atoms with E-state index < -0.39 is 28.1 Å². The number of nitro benzene ring substituents is 1. The smallest absolute Gasteiger partial charge is 0.328 e. The predicted molar refractivity (Wildman–Crippen MR) is 113 cm³/mol. The SMILES string of the molecule is COC(=O)[C@@H](C)N1C(=O)S/C(=C/c2ccccc2OCc2ccc([N+](=O)[O-])cc2)C1=O. The van der Waals surface area contributed by atoms with Gasteiger partial charge in [0, 0.05) is 17.7 Å². The van der Waals surface area contributed by atoms with Gasteiger partial charge < -0.3 is 9.47 Å². The van der Waals surface area contributed by atoms with Crippen molar-refractivity contribution < 1.29 is 28.8 Å². The molecule has 0 aromatic heterocycles. The molecule has 1 heterocycles. The maximum atomic E-state index is 12.7. The zero-order valence-corrected chi connectivity index (χ0v) is 17.5. The molecule has 2 aromatic carbocycles. The van der Waals surface area contributed by atoms with E-state index in [9.17, 15) is 24.5 Å². The van der Waals surface area contributed by atoms with Gasteiger partial charge >= 0.3 is 5.97 Å². The number of carbonyl (C=O) groups excluding carboxylic acids is 3. The van der Waals surface area contributed by atoms with Crippen molar-refractivity contribution in [3.05, 3.63) is 74.7 Å². The molecule has 0 bridgehead atoms. The first-order valence-electron chi connectivity index (χ1n) is 9.12. The van der Waals surface area contributed by atoms with Gasteiger partial charge in [0.2, 0.25) is 0 Å². The molecular formula is C21H18N2O7S. The van der Waals surface area contributed by atoms with E-state index in [0.29, 0.717) is 11.3 Å². The number of hydrogen-bond acceptors (Lipinski definition) is 8. The Kier molecular flexibility index (Phi) is 6.71. The second-order valence-electron chi connectivity index (χ2n) is 6.50. The average Bonchev–Trinajstić information content (AvgIpc) is 3.05. The minimum atomic E-state index is -1.03. The van der Waals surface area contributed by atoms with Gasteiger partial charge in [-0.1, -0.05) is 18.2 Å². The zero-order valence-electron chi connectivity index (χ0n) is 16.6. The maximum absolute atomic E-state index is 12.7. The molecule has 1 aliphatic heterocycles. The number of para-hydroxylation sites is 1. The highest BCUT2D eigenvalue weighted by atomic mass is 32.2. The van der Waals surface area contributed by atoms with Crippen LogP contribution in [-0.4, -0.2) is 40.1 Å². The molecule has 0 radical (unpaired) electrons. The molecule has 2 amide bonds. The maximum Gasteiger partial charge on any atom is 0.328 e. The second-order valence-corrected chi connectivity index (χ2v) is 7.49. The van der Waals surface area contributed by atoms with E-state index in [-0.39, 0.29) is 17.2 Å². The highest BCUT2D eigenvalue weighted by molar-refractivity contribution is 8.18. The summed E-state index contributed by atoms with van der Waals surface area (Å²) in [5, 5.41) is 10.2. The molecule has 160 valence electrons. The van der Waals surface area contributed by atoms with Crippen LogP contribution in [0, 0.1) is 10.1 Å². The number of ether oxygens (including phenoxy) is 2. The summed E-state index contributed by atoms with van der Waals surface area (Å²) in [5.41, 5.74) is 1.29. The summed E-state index contributed by atoms with van der Waals surface area (Å²) in [6, 6.07) is 11.9. The topological polar surface area (TPSA) is 116 Å². The quantitative estimate of drug-likeness (QED) is 0.275. The fourth-order valence-corrected chi connectivity index (χ4v) is 3.74. The van der Waals surface area contributed by atoms with Gasteiger partial charge in [-0.3, -0.25) is 24.6 Å². The lowest BCUT2D eigenvalue weighted by Crippen LogP contribution is -2.42. The fourth-order valence-electron chi connectivity index (χ4n) is 2.84. The Bertz CT molecular complexity index is 1070. The van der Waals surface area contributed by atoms with E-state index in [2.05, 4.69) is 4.74 Å². The summed E-state index contributed by atoms with van der Waals surface area (Å²) in [5.74, 6) is -0.804. The number of non-ortho nitro benzene ring substituents is 1. The van der Waals surface area contributed by atoms with E-state index in [4.69, 9.17) is 4.74 Å². The molecule has 2 aromatic rings. The number of thioether (sulfide) groups is 1. The third-order valence-electron chi connectivity index (χ3n) is 4.50. The first kappa shape index (κ1) is 22.0. The first-order valence-corrected chi connectivity index (χ1v) is 9.93. The summed E-state index contributed by atoms with van der Waals surface area (Å²) >= 11 is 0.732. The number of nitrogens with zero attached hydrogens (tertiary/aromatic N) is 2. The van der Waals surface area contributed by atoms with Crippen LogP contribution >= 0.6 is 11.8 Å². The Morgan fingerprint density at radius 3 is 2.52 bits per heavy atom. The molecule has 0 spiro atoms. The fraction of sp³-hybridized carbons (Fsp3) is 0.190. The van der Waals surface area contributed by atoms with Crippen LogP contribution in [0.15, 0.2) is 53.4 Å². The van der Waals surface area contributed by atoms with Crippen LogP contribution in [-0.2, 0) is 20.9 Å². The summed E-state index contributed by atoms with van der Waals surface area (Å²) in [4.78, 5) is 48.0. The number of imide groups is 1. The molecule has 0 aliphatic carbocycles. The largest absolute Gasteiger partial charge is 0.488 e.